The Bertz CT molecular complexity index is 807. The van der Waals surface area contributed by atoms with Gasteiger partial charge in [-0.25, -0.2) is 0 Å². The van der Waals surface area contributed by atoms with Crippen molar-refractivity contribution in [3.63, 3.8) is 0 Å². The predicted molar refractivity (Wildman–Crippen MR) is 103 cm³/mol. The SMILES string of the molecule is COc1ccc(C[C@H]2c3cc(OC)c(OC)cc3C(O)CN2C)cc1OC. The van der Waals surface area contributed by atoms with Crippen molar-refractivity contribution in [3.8, 4) is 23.0 Å². The fraction of sp³-hybridized carbons (Fsp3) is 0.429. The summed E-state index contributed by atoms with van der Waals surface area (Å²) in [6, 6.07) is 9.91. The Labute approximate surface area is 160 Å². The highest BCUT2D eigenvalue weighted by Gasteiger charge is 2.32. The van der Waals surface area contributed by atoms with Crippen LogP contribution in [0.2, 0.25) is 0 Å². The van der Waals surface area contributed by atoms with Crippen LogP contribution in [0.15, 0.2) is 30.3 Å². The molecule has 1 aliphatic heterocycles. The van der Waals surface area contributed by atoms with Gasteiger partial charge in [-0.15, -0.1) is 0 Å². The molecule has 0 saturated carbocycles. The number of rotatable bonds is 6. The van der Waals surface area contributed by atoms with Crippen molar-refractivity contribution >= 4 is 0 Å². The van der Waals surface area contributed by atoms with Gasteiger partial charge >= 0.3 is 0 Å². The van der Waals surface area contributed by atoms with Crippen LogP contribution in [0.1, 0.15) is 28.8 Å². The number of nitrogens with zero attached hydrogens (tertiary/aromatic N) is 1. The molecular formula is C21H27NO5. The summed E-state index contributed by atoms with van der Waals surface area (Å²) < 4.78 is 21.6. The van der Waals surface area contributed by atoms with E-state index in [4.69, 9.17) is 18.9 Å². The zero-order valence-electron chi connectivity index (χ0n) is 16.5. The quantitative estimate of drug-likeness (QED) is 0.840. The molecular weight excluding hydrogens is 346 g/mol. The van der Waals surface area contributed by atoms with Crippen LogP contribution < -0.4 is 18.9 Å². The lowest BCUT2D eigenvalue weighted by Crippen LogP contribution is -2.36. The van der Waals surface area contributed by atoms with Gasteiger partial charge in [0.25, 0.3) is 0 Å². The molecule has 1 N–H and O–H groups in total. The van der Waals surface area contributed by atoms with Crippen LogP contribution in [0.5, 0.6) is 23.0 Å². The second-order valence-corrected chi connectivity index (χ2v) is 6.70. The number of ether oxygens (including phenoxy) is 4. The first-order valence-corrected chi connectivity index (χ1v) is 8.87. The Balaban J connectivity index is 2.00. The fourth-order valence-electron chi connectivity index (χ4n) is 3.72. The van der Waals surface area contributed by atoms with Crippen LogP contribution in [0.25, 0.3) is 0 Å². The minimum Gasteiger partial charge on any atom is -0.493 e. The summed E-state index contributed by atoms with van der Waals surface area (Å²) in [6.07, 6.45) is 0.206. The summed E-state index contributed by atoms with van der Waals surface area (Å²) in [6.45, 7) is 0.556. The summed E-state index contributed by atoms with van der Waals surface area (Å²) in [5, 5.41) is 10.6. The number of aliphatic hydroxyl groups is 1. The maximum Gasteiger partial charge on any atom is 0.161 e. The third-order valence-corrected chi connectivity index (χ3v) is 5.18. The molecule has 1 heterocycles. The van der Waals surface area contributed by atoms with E-state index in [9.17, 15) is 5.11 Å². The lowest BCUT2D eigenvalue weighted by atomic mass is 9.87. The van der Waals surface area contributed by atoms with Crippen molar-refractivity contribution in [2.45, 2.75) is 18.6 Å². The summed E-state index contributed by atoms with van der Waals surface area (Å²) in [5.74, 6) is 2.71. The monoisotopic (exact) mass is 373 g/mol. The van der Waals surface area contributed by atoms with Crippen molar-refractivity contribution < 1.29 is 24.1 Å². The van der Waals surface area contributed by atoms with Gasteiger partial charge < -0.3 is 24.1 Å². The normalized spacial score (nSPS) is 19.3. The third kappa shape index (κ3) is 3.68. The zero-order chi connectivity index (χ0) is 19.6. The topological polar surface area (TPSA) is 60.4 Å². The van der Waals surface area contributed by atoms with Gasteiger partial charge in [-0.05, 0) is 54.4 Å². The van der Waals surface area contributed by atoms with Gasteiger partial charge in [-0.1, -0.05) is 6.07 Å². The molecule has 2 aromatic carbocycles. The van der Waals surface area contributed by atoms with Crippen LogP contribution in [0.4, 0.5) is 0 Å². The van der Waals surface area contributed by atoms with E-state index in [1.807, 2.05) is 37.4 Å². The summed E-state index contributed by atoms with van der Waals surface area (Å²) in [7, 11) is 8.51. The van der Waals surface area contributed by atoms with E-state index in [-0.39, 0.29) is 6.04 Å². The van der Waals surface area contributed by atoms with Gasteiger partial charge in [0.05, 0.1) is 34.5 Å². The summed E-state index contributed by atoms with van der Waals surface area (Å²) in [4.78, 5) is 2.16. The molecule has 0 bridgehead atoms. The molecule has 0 saturated heterocycles. The molecule has 6 nitrogen and oxygen atoms in total. The molecule has 0 aliphatic carbocycles. The number of β-amino-alcohol motifs (C(OH)–C–C–N with tert-alkyl or cyclic N) is 1. The molecule has 27 heavy (non-hydrogen) atoms. The molecule has 0 radical (unpaired) electrons. The third-order valence-electron chi connectivity index (χ3n) is 5.18. The Hall–Kier alpha value is -2.44. The van der Waals surface area contributed by atoms with Gasteiger partial charge in [0.2, 0.25) is 0 Å². The van der Waals surface area contributed by atoms with Crippen LogP contribution in [-0.2, 0) is 6.42 Å². The maximum absolute atomic E-state index is 10.6. The van der Waals surface area contributed by atoms with Crippen LogP contribution in [0, 0.1) is 0 Å². The van der Waals surface area contributed by atoms with Crippen molar-refractivity contribution in [2.24, 2.45) is 0 Å². The lowest BCUT2D eigenvalue weighted by Gasteiger charge is -2.38. The highest BCUT2D eigenvalue weighted by molar-refractivity contribution is 5.51. The Morgan fingerprint density at radius 2 is 1.41 bits per heavy atom. The van der Waals surface area contributed by atoms with Gasteiger partial charge in [0, 0.05) is 12.6 Å². The number of aliphatic hydroxyl groups excluding tert-OH is 1. The average Bonchev–Trinajstić information content (AvgIpc) is 2.69. The summed E-state index contributed by atoms with van der Waals surface area (Å²) >= 11 is 0. The van der Waals surface area contributed by atoms with Gasteiger partial charge in [0.15, 0.2) is 23.0 Å². The average molecular weight is 373 g/mol. The van der Waals surface area contributed by atoms with Crippen molar-refractivity contribution in [1.82, 2.24) is 4.90 Å². The number of likely N-dealkylation sites (N-methyl/N-ethyl adjacent to an activating group) is 1. The molecule has 6 heteroatoms. The molecule has 1 unspecified atom stereocenters. The molecule has 2 aromatic rings. The van der Waals surface area contributed by atoms with E-state index in [0.717, 1.165) is 23.1 Å². The highest BCUT2D eigenvalue weighted by Crippen LogP contribution is 2.42. The number of hydrogen-bond donors (Lipinski definition) is 1. The molecule has 3 rings (SSSR count). The van der Waals surface area contributed by atoms with Gasteiger partial charge in [0.1, 0.15) is 0 Å². The first-order chi connectivity index (χ1) is 13.0. The molecule has 1 aliphatic rings. The fourth-order valence-corrected chi connectivity index (χ4v) is 3.72. The van der Waals surface area contributed by atoms with E-state index in [1.165, 1.54) is 0 Å². The smallest absolute Gasteiger partial charge is 0.161 e. The van der Waals surface area contributed by atoms with Crippen molar-refractivity contribution in [2.75, 3.05) is 42.0 Å². The van der Waals surface area contributed by atoms with E-state index in [1.54, 1.807) is 28.4 Å². The molecule has 2 atom stereocenters. The van der Waals surface area contributed by atoms with E-state index >= 15 is 0 Å². The van der Waals surface area contributed by atoms with E-state index < -0.39 is 6.10 Å². The first-order valence-electron chi connectivity index (χ1n) is 8.87. The van der Waals surface area contributed by atoms with Crippen LogP contribution in [-0.4, -0.2) is 52.0 Å². The van der Waals surface area contributed by atoms with Crippen LogP contribution in [0.3, 0.4) is 0 Å². The second kappa shape index (κ2) is 8.06. The number of methoxy groups -OCH3 is 4. The largest absolute Gasteiger partial charge is 0.493 e. The van der Waals surface area contributed by atoms with E-state index in [2.05, 4.69) is 4.90 Å². The molecule has 0 fully saturated rings. The molecule has 146 valence electrons. The lowest BCUT2D eigenvalue weighted by molar-refractivity contribution is 0.0831. The standard InChI is InChI=1S/C21H27NO5/c1-22-12-17(23)15-11-21(27-5)20(26-4)10-14(15)16(22)8-13-6-7-18(24-2)19(9-13)25-3/h6-7,9-11,16-17,23H,8,12H2,1-5H3/t16-,17?/m0/s1. The van der Waals surface area contributed by atoms with Gasteiger partial charge in [-0.3, -0.25) is 4.90 Å². The summed E-state index contributed by atoms with van der Waals surface area (Å²) in [5.41, 5.74) is 3.06. The van der Waals surface area contributed by atoms with Gasteiger partial charge in [-0.2, -0.15) is 0 Å². The molecule has 0 spiro atoms. The Morgan fingerprint density at radius 1 is 0.852 bits per heavy atom. The number of fused-ring (bicyclic) bond motifs is 1. The zero-order valence-corrected chi connectivity index (χ0v) is 16.5. The van der Waals surface area contributed by atoms with Crippen LogP contribution >= 0.6 is 0 Å². The number of hydrogen-bond acceptors (Lipinski definition) is 6. The molecule has 0 aromatic heterocycles. The second-order valence-electron chi connectivity index (χ2n) is 6.70. The minimum atomic E-state index is -0.563. The molecule has 0 amide bonds. The van der Waals surface area contributed by atoms with Crippen molar-refractivity contribution in [1.29, 1.82) is 0 Å². The predicted octanol–water partition coefficient (Wildman–Crippen LogP) is 2.98. The highest BCUT2D eigenvalue weighted by atomic mass is 16.5. The Kier molecular flexibility index (Phi) is 5.77. The Morgan fingerprint density at radius 3 is 2.00 bits per heavy atom. The van der Waals surface area contributed by atoms with Crippen molar-refractivity contribution in [3.05, 3.63) is 47.0 Å². The van der Waals surface area contributed by atoms with E-state index in [0.29, 0.717) is 29.5 Å². The number of benzene rings is 2. The maximum atomic E-state index is 10.6. The first kappa shape index (κ1) is 19.3. The minimum absolute atomic E-state index is 0.0984.